The molecule has 16 heteroatoms. The number of alkyl halides is 2. The monoisotopic (exact) mass is 636 g/mol. The fourth-order valence-corrected chi connectivity index (χ4v) is 4.43. The Morgan fingerprint density at radius 2 is 1.84 bits per heavy atom. The zero-order valence-corrected chi connectivity index (χ0v) is 23.9. The molecule has 0 aromatic heterocycles. The topological polar surface area (TPSA) is 144 Å². The Bertz CT molecular complexity index is 1580. The van der Waals surface area contributed by atoms with Gasteiger partial charge in [0, 0.05) is 37.2 Å². The second-order valence-electron chi connectivity index (χ2n) is 10.2. The third-order valence-electron chi connectivity index (χ3n) is 6.82. The molecule has 11 nitrogen and oxygen atoms in total. The van der Waals surface area contributed by atoms with E-state index in [9.17, 15) is 32.3 Å². The molecule has 5 amide bonds. The molecule has 2 aromatic carbocycles. The number of nitrogens with one attached hydrogen (secondary N) is 3. The molecule has 0 radical (unpaired) electrons. The first-order valence-electron chi connectivity index (χ1n) is 13.1. The van der Waals surface area contributed by atoms with Crippen molar-refractivity contribution in [3.8, 4) is 6.07 Å². The van der Waals surface area contributed by atoms with Gasteiger partial charge in [-0.05, 0) is 32.0 Å². The number of benzene rings is 2. The highest BCUT2D eigenvalue weighted by Gasteiger charge is 2.56. The predicted octanol–water partition coefficient (Wildman–Crippen LogP) is 4.59. The zero-order chi connectivity index (χ0) is 32.3. The van der Waals surface area contributed by atoms with Crippen molar-refractivity contribution < 1.29 is 41.5 Å². The number of amides is 5. The minimum Gasteiger partial charge on any atom is -0.485 e. The van der Waals surface area contributed by atoms with E-state index in [2.05, 4.69) is 16.0 Å². The standard InChI is InChI=1S/C28H25ClF4N6O5/c1-14(2)39(13-40)23-8-20(31)21(6-17(23)25(41)35-11-16-9-28(16,32)33)37-27(43)38-3-4-44-24(12-38)26(42)36-22-7-18(29)15(10-34)5-19(22)30/h3-8,13-14,16,24H,9,11-12H2,1-2H3,(H,35,41)(H,36,42)(H,37,43)/t16?,24-/m1/s1. The van der Waals surface area contributed by atoms with Crippen LogP contribution in [0.2, 0.25) is 5.02 Å². The van der Waals surface area contributed by atoms with E-state index < -0.39 is 65.7 Å². The van der Waals surface area contributed by atoms with E-state index in [1.54, 1.807) is 19.9 Å². The lowest BCUT2D eigenvalue weighted by Gasteiger charge is -2.28. The summed E-state index contributed by atoms with van der Waals surface area (Å²) in [5, 5.41) is 15.7. The maximum atomic E-state index is 15.2. The number of halogens is 5. The van der Waals surface area contributed by atoms with Crippen LogP contribution in [0.25, 0.3) is 0 Å². The van der Waals surface area contributed by atoms with Crippen LogP contribution >= 0.6 is 11.6 Å². The van der Waals surface area contributed by atoms with Gasteiger partial charge in [-0.2, -0.15) is 5.26 Å². The van der Waals surface area contributed by atoms with Gasteiger partial charge in [-0.15, -0.1) is 0 Å². The first-order valence-corrected chi connectivity index (χ1v) is 13.5. The Labute approximate surface area is 253 Å². The van der Waals surface area contributed by atoms with E-state index in [0.717, 1.165) is 46.5 Å². The van der Waals surface area contributed by atoms with E-state index in [4.69, 9.17) is 21.6 Å². The maximum absolute atomic E-state index is 15.2. The van der Waals surface area contributed by atoms with Crippen molar-refractivity contribution in [2.45, 2.75) is 38.3 Å². The van der Waals surface area contributed by atoms with E-state index >= 15 is 4.39 Å². The first-order chi connectivity index (χ1) is 20.7. The van der Waals surface area contributed by atoms with Crippen molar-refractivity contribution in [1.29, 1.82) is 5.26 Å². The van der Waals surface area contributed by atoms with Crippen LogP contribution in [0, 0.1) is 28.9 Å². The Morgan fingerprint density at radius 1 is 1.18 bits per heavy atom. The van der Waals surface area contributed by atoms with E-state index in [0.29, 0.717) is 6.41 Å². The summed E-state index contributed by atoms with van der Waals surface area (Å²) in [7, 11) is 0. The molecule has 1 aliphatic carbocycles. The normalized spacial score (nSPS) is 18.1. The van der Waals surface area contributed by atoms with Crippen LogP contribution in [0.1, 0.15) is 36.2 Å². The Hall–Kier alpha value is -4.84. The highest BCUT2D eigenvalue weighted by molar-refractivity contribution is 6.32. The number of hydrogen-bond donors (Lipinski definition) is 3. The molecule has 0 saturated heterocycles. The quantitative estimate of drug-likeness (QED) is 0.271. The van der Waals surface area contributed by atoms with Crippen molar-refractivity contribution in [2.24, 2.45) is 5.92 Å². The van der Waals surface area contributed by atoms with Crippen LogP contribution in [-0.4, -0.2) is 60.3 Å². The number of carbonyl (C=O) groups excluding carboxylic acids is 4. The summed E-state index contributed by atoms with van der Waals surface area (Å²) in [4.78, 5) is 52.5. The van der Waals surface area contributed by atoms with Crippen molar-refractivity contribution in [3.63, 3.8) is 0 Å². The third kappa shape index (κ3) is 7.03. The van der Waals surface area contributed by atoms with Gasteiger partial charge in [0.05, 0.1) is 39.8 Å². The smallest absolute Gasteiger partial charge is 0.326 e. The minimum atomic E-state index is -2.89. The van der Waals surface area contributed by atoms with Crippen LogP contribution in [0.15, 0.2) is 36.7 Å². The molecule has 2 atom stereocenters. The molecule has 2 aliphatic rings. The fourth-order valence-electron chi connectivity index (χ4n) is 4.22. The van der Waals surface area contributed by atoms with Crippen molar-refractivity contribution in [2.75, 3.05) is 28.6 Å². The molecule has 1 fully saturated rings. The summed E-state index contributed by atoms with van der Waals surface area (Å²) in [6, 6.07) is 3.93. The van der Waals surface area contributed by atoms with Crippen LogP contribution in [-0.2, 0) is 14.3 Å². The molecule has 3 N–H and O–H groups in total. The molecule has 2 aromatic rings. The average Bonchev–Trinajstić information content (AvgIpc) is 3.60. The minimum absolute atomic E-state index is 0.106. The van der Waals surface area contributed by atoms with Gasteiger partial charge in [-0.3, -0.25) is 19.3 Å². The van der Waals surface area contributed by atoms with Crippen LogP contribution in [0.5, 0.6) is 0 Å². The van der Waals surface area contributed by atoms with Gasteiger partial charge in [-0.1, -0.05) is 11.6 Å². The van der Waals surface area contributed by atoms with Gasteiger partial charge in [-0.25, -0.2) is 22.4 Å². The third-order valence-corrected chi connectivity index (χ3v) is 7.13. The van der Waals surface area contributed by atoms with Gasteiger partial charge in [0.1, 0.15) is 24.0 Å². The predicted molar refractivity (Wildman–Crippen MR) is 150 cm³/mol. The molecule has 1 aliphatic heterocycles. The highest BCUT2D eigenvalue weighted by atomic mass is 35.5. The number of carbonyl (C=O) groups is 4. The first kappa shape index (κ1) is 32.1. The molecular formula is C28H25ClF4N6O5. The summed E-state index contributed by atoms with van der Waals surface area (Å²) in [6.45, 7) is 2.45. The number of hydrogen-bond acceptors (Lipinski definition) is 6. The maximum Gasteiger partial charge on any atom is 0.326 e. The van der Waals surface area contributed by atoms with Gasteiger partial charge < -0.3 is 25.6 Å². The Morgan fingerprint density at radius 3 is 2.45 bits per heavy atom. The van der Waals surface area contributed by atoms with Crippen LogP contribution in [0.4, 0.5) is 39.4 Å². The molecule has 4 rings (SSSR count). The van der Waals surface area contributed by atoms with Crippen molar-refractivity contribution in [3.05, 3.63) is 64.5 Å². The fraction of sp³-hybridized carbons (Fsp3) is 0.321. The lowest BCUT2D eigenvalue weighted by molar-refractivity contribution is -0.125. The number of urea groups is 1. The van der Waals surface area contributed by atoms with Gasteiger partial charge in [0.25, 0.3) is 17.7 Å². The van der Waals surface area contributed by atoms with Crippen LogP contribution in [0.3, 0.4) is 0 Å². The van der Waals surface area contributed by atoms with Gasteiger partial charge >= 0.3 is 6.03 Å². The van der Waals surface area contributed by atoms with E-state index in [1.165, 1.54) is 0 Å². The summed E-state index contributed by atoms with van der Waals surface area (Å²) in [6.07, 6.45) is 0.790. The summed E-state index contributed by atoms with van der Waals surface area (Å²) in [5.74, 6) is -7.64. The van der Waals surface area contributed by atoms with Gasteiger partial charge in [0.15, 0.2) is 6.10 Å². The SMILES string of the molecule is CC(C)N(C=O)c1cc(F)c(NC(=O)N2C=CO[C@@H](C(=O)Nc3cc(Cl)c(C#N)cc3F)C2)cc1C(=O)NCC1CC1(F)F. The summed E-state index contributed by atoms with van der Waals surface area (Å²) in [5.41, 5.74) is -1.37. The summed E-state index contributed by atoms with van der Waals surface area (Å²) < 4.78 is 61.4. The average molecular weight is 637 g/mol. The lowest BCUT2D eigenvalue weighted by atomic mass is 10.1. The van der Waals surface area contributed by atoms with Crippen molar-refractivity contribution in [1.82, 2.24) is 10.2 Å². The number of rotatable bonds is 9. The lowest BCUT2D eigenvalue weighted by Crippen LogP contribution is -2.45. The van der Waals surface area contributed by atoms with Gasteiger partial charge in [0.2, 0.25) is 6.41 Å². The molecule has 1 saturated carbocycles. The number of ether oxygens (including phenoxy) is 1. The van der Waals surface area contributed by atoms with E-state index in [-0.39, 0.29) is 40.5 Å². The number of anilines is 3. The number of nitriles is 1. The molecule has 1 heterocycles. The number of nitrogens with zero attached hydrogens (tertiary/aromatic N) is 3. The molecule has 44 heavy (non-hydrogen) atoms. The Kier molecular flexibility index (Phi) is 9.33. The highest BCUT2D eigenvalue weighted by Crippen LogP contribution is 2.48. The second kappa shape index (κ2) is 12.8. The molecule has 0 spiro atoms. The second-order valence-corrected chi connectivity index (χ2v) is 10.6. The van der Waals surface area contributed by atoms with E-state index in [1.807, 2.05) is 0 Å². The zero-order valence-electron chi connectivity index (χ0n) is 23.2. The molecule has 232 valence electrons. The molecule has 1 unspecified atom stereocenters. The molecular weight excluding hydrogens is 612 g/mol. The molecule has 0 bridgehead atoms. The largest absolute Gasteiger partial charge is 0.485 e. The summed E-state index contributed by atoms with van der Waals surface area (Å²) >= 11 is 5.90. The van der Waals surface area contributed by atoms with Crippen molar-refractivity contribution >= 4 is 52.9 Å². The van der Waals surface area contributed by atoms with Crippen LogP contribution < -0.4 is 20.9 Å². The Balaban J connectivity index is 1.50.